The lowest BCUT2D eigenvalue weighted by molar-refractivity contribution is 0.888. The molecule has 0 unspecified atom stereocenters. The maximum absolute atomic E-state index is 7.36. The Morgan fingerprint density at radius 3 is 2.70 bits per heavy atom. The molecule has 5 nitrogen and oxygen atoms in total. The first-order chi connectivity index (χ1) is 9.79. The average molecular weight is 288 g/mol. The minimum atomic E-state index is 0.454. The van der Waals surface area contributed by atoms with Gasteiger partial charge in [0.05, 0.1) is 10.7 Å². The maximum Gasteiger partial charge on any atom is 0.127 e. The quantitative estimate of drug-likeness (QED) is 0.806. The molecule has 102 valence electrons. The molecule has 0 saturated heterocycles. The Labute approximate surface area is 121 Å². The summed E-state index contributed by atoms with van der Waals surface area (Å²) in [5.74, 6) is 0.745. The zero-order valence-corrected chi connectivity index (χ0v) is 11.6. The Morgan fingerprint density at radius 1 is 1.30 bits per heavy atom. The molecule has 1 heterocycles. The van der Waals surface area contributed by atoms with Crippen LogP contribution in [0.25, 0.3) is 11.1 Å². The molecule has 3 rings (SSSR count). The highest BCUT2D eigenvalue weighted by molar-refractivity contribution is 6.36. The minimum Gasteiger partial charge on any atom is -0.383 e. The van der Waals surface area contributed by atoms with Crippen molar-refractivity contribution in [3.63, 3.8) is 0 Å². The van der Waals surface area contributed by atoms with Gasteiger partial charge in [0, 0.05) is 30.1 Å². The smallest absolute Gasteiger partial charge is 0.127 e. The van der Waals surface area contributed by atoms with Crippen LogP contribution in [0.2, 0.25) is 5.02 Å². The van der Waals surface area contributed by atoms with E-state index in [1.807, 2.05) is 12.1 Å². The van der Waals surface area contributed by atoms with Gasteiger partial charge in [-0.15, -0.1) is 0 Å². The molecular weight excluding hydrogens is 274 g/mol. The molecule has 0 amide bonds. The van der Waals surface area contributed by atoms with Gasteiger partial charge in [-0.2, -0.15) is 5.11 Å². The summed E-state index contributed by atoms with van der Waals surface area (Å²) < 4.78 is 0. The number of benzene rings is 1. The molecule has 6 heteroatoms. The van der Waals surface area contributed by atoms with Gasteiger partial charge in [0.25, 0.3) is 0 Å². The van der Waals surface area contributed by atoms with E-state index in [0.29, 0.717) is 10.7 Å². The zero-order chi connectivity index (χ0) is 13.9. The highest BCUT2D eigenvalue weighted by atomic mass is 35.5. The fraction of sp³-hybridized carbons (Fsp3) is 0.286. The van der Waals surface area contributed by atoms with Crippen LogP contribution >= 0.6 is 11.6 Å². The molecule has 1 aromatic heterocycles. The SMILES string of the molecule is N=Nc1c(NCC2CC2)ccc(-c2cncnc2)c1Cl. The molecule has 0 bridgehead atoms. The topological polar surface area (TPSA) is 74.0 Å². The van der Waals surface area contributed by atoms with Gasteiger partial charge < -0.3 is 5.32 Å². The van der Waals surface area contributed by atoms with Gasteiger partial charge in [0.15, 0.2) is 0 Å². The van der Waals surface area contributed by atoms with E-state index in [1.165, 1.54) is 19.2 Å². The van der Waals surface area contributed by atoms with Gasteiger partial charge in [0.2, 0.25) is 0 Å². The predicted molar refractivity (Wildman–Crippen MR) is 78.5 cm³/mol. The third kappa shape index (κ3) is 2.63. The number of hydrogen-bond acceptors (Lipinski definition) is 5. The second-order valence-electron chi connectivity index (χ2n) is 4.89. The van der Waals surface area contributed by atoms with Gasteiger partial charge >= 0.3 is 0 Å². The summed E-state index contributed by atoms with van der Waals surface area (Å²) in [5, 5.41) is 7.34. The number of anilines is 1. The molecule has 1 saturated carbocycles. The molecule has 1 aromatic carbocycles. The van der Waals surface area contributed by atoms with Crippen molar-refractivity contribution in [1.29, 1.82) is 5.53 Å². The molecule has 1 aliphatic carbocycles. The molecule has 0 atom stereocenters. The first-order valence-electron chi connectivity index (χ1n) is 6.49. The number of aromatic nitrogens is 2. The summed E-state index contributed by atoms with van der Waals surface area (Å²) in [5.41, 5.74) is 10.2. The summed E-state index contributed by atoms with van der Waals surface area (Å²) in [6, 6.07) is 3.81. The second kappa shape index (κ2) is 5.54. The Balaban J connectivity index is 1.95. The monoisotopic (exact) mass is 287 g/mol. The van der Waals surface area contributed by atoms with Crippen LogP contribution in [0, 0.1) is 11.4 Å². The van der Waals surface area contributed by atoms with Gasteiger partial charge in [-0.05, 0) is 24.8 Å². The lowest BCUT2D eigenvalue weighted by Gasteiger charge is -2.12. The standard InChI is InChI=1S/C14H14ClN5/c15-13-11(10-6-17-8-18-7-10)3-4-12(14(13)20-16)19-5-9-1-2-9/h3-4,6-9,16,19H,1-2,5H2. The van der Waals surface area contributed by atoms with Gasteiger partial charge in [-0.1, -0.05) is 17.7 Å². The molecule has 1 fully saturated rings. The van der Waals surface area contributed by atoms with Crippen molar-refractivity contribution in [1.82, 2.24) is 9.97 Å². The highest BCUT2D eigenvalue weighted by Crippen LogP contribution is 2.41. The summed E-state index contributed by atoms with van der Waals surface area (Å²) in [6.45, 7) is 0.909. The van der Waals surface area contributed by atoms with Gasteiger partial charge in [0.1, 0.15) is 12.0 Å². The number of nitrogens with one attached hydrogen (secondary N) is 2. The van der Waals surface area contributed by atoms with E-state index in [4.69, 9.17) is 17.1 Å². The van der Waals surface area contributed by atoms with Crippen LogP contribution < -0.4 is 5.32 Å². The normalized spacial score (nSPS) is 14.1. The third-order valence-corrected chi connectivity index (χ3v) is 3.76. The summed E-state index contributed by atoms with van der Waals surface area (Å²) in [7, 11) is 0. The summed E-state index contributed by atoms with van der Waals surface area (Å²) >= 11 is 6.37. The Morgan fingerprint density at radius 2 is 2.05 bits per heavy atom. The first-order valence-corrected chi connectivity index (χ1v) is 6.86. The van der Waals surface area contributed by atoms with E-state index < -0.39 is 0 Å². The van der Waals surface area contributed by atoms with Crippen molar-refractivity contribution >= 4 is 23.0 Å². The van der Waals surface area contributed by atoms with E-state index in [1.54, 1.807) is 12.4 Å². The predicted octanol–water partition coefficient (Wildman–Crippen LogP) is 4.28. The number of nitrogens with zero attached hydrogens (tertiary/aromatic N) is 3. The van der Waals surface area contributed by atoms with Crippen LogP contribution in [0.3, 0.4) is 0 Å². The van der Waals surface area contributed by atoms with E-state index in [0.717, 1.165) is 29.3 Å². The molecule has 0 aliphatic heterocycles. The van der Waals surface area contributed by atoms with Crippen molar-refractivity contribution in [2.24, 2.45) is 11.0 Å². The van der Waals surface area contributed by atoms with Crippen molar-refractivity contribution in [2.75, 3.05) is 11.9 Å². The van der Waals surface area contributed by atoms with Crippen LogP contribution in [-0.4, -0.2) is 16.5 Å². The van der Waals surface area contributed by atoms with Crippen LogP contribution in [0.4, 0.5) is 11.4 Å². The molecule has 2 N–H and O–H groups in total. The zero-order valence-electron chi connectivity index (χ0n) is 10.8. The highest BCUT2D eigenvalue weighted by Gasteiger charge is 2.21. The summed E-state index contributed by atoms with van der Waals surface area (Å²) in [6.07, 6.45) is 7.40. The Kier molecular flexibility index (Phi) is 3.60. The fourth-order valence-corrected chi connectivity index (χ4v) is 2.37. The summed E-state index contributed by atoms with van der Waals surface area (Å²) in [4.78, 5) is 7.97. The Hall–Kier alpha value is -2.01. The van der Waals surface area contributed by atoms with Gasteiger partial charge in [-0.25, -0.2) is 15.5 Å². The lowest BCUT2D eigenvalue weighted by Crippen LogP contribution is -2.03. The van der Waals surface area contributed by atoms with Gasteiger partial charge in [-0.3, -0.25) is 0 Å². The van der Waals surface area contributed by atoms with E-state index in [2.05, 4.69) is 20.4 Å². The first kappa shape index (κ1) is 13.0. The van der Waals surface area contributed by atoms with E-state index in [9.17, 15) is 0 Å². The van der Waals surface area contributed by atoms with E-state index in [-0.39, 0.29) is 0 Å². The van der Waals surface area contributed by atoms with Crippen LogP contribution in [0.5, 0.6) is 0 Å². The molecule has 2 aromatic rings. The third-order valence-electron chi connectivity index (χ3n) is 3.38. The molecule has 0 spiro atoms. The number of rotatable bonds is 5. The van der Waals surface area contributed by atoms with Crippen molar-refractivity contribution in [3.05, 3.63) is 35.9 Å². The molecular formula is C14H14ClN5. The number of halogens is 1. The lowest BCUT2D eigenvalue weighted by atomic mass is 10.1. The van der Waals surface area contributed by atoms with Crippen molar-refractivity contribution < 1.29 is 0 Å². The van der Waals surface area contributed by atoms with Crippen LogP contribution in [-0.2, 0) is 0 Å². The van der Waals surface area contributed by atoms with Crippen molar-refractivity contribution in [2.45, 2.75) is 12.8 Å². The average Bonchev–Trinajstić information content (AvgIpc) is 3.30. The Bertz CT molecular complexity index is 625. The second-order valence-corrected chi connectivity index (χ2v) is 5.26. The van der Waals surface area contributed by atoms with E-state index >= 15 is 0 Å². The molecule has 0 radical (unpaired) electrons. The van der Waals surface area contributed by atoms with Crippen LogP contribution in [0.15, 0.2) is 36.0 Å². The number of hydrogen-bond donors (Lipinski definition) is 2. The van der Waals surface area contributed by atoms with Crippen LogP contribution in [0.1, 0.15) is 12.8 Å². The maximum atomic E-state index is 7.36. The fourth-order valence-electron chi connectivity index (χ4n) is 2.05. The largest absolute Gasteiger partial charge is 0.383 e. The molecule has 1 aliphatic rings. The minimum absolute atomic E-state index is 0.454. The molecule has 20 heavy (non-hydrogen) atoms. The van der Waals surface area contributed by atoms with Crippen molar-refractivity contribution in [3.8, 4) is 11.1 Å².